The number of fused-ring (bicyclic) bond motifs is 2. The molecule has 2 aliphatic heterocycles. The molecule has 0 spiro atoms. The molecule has 0 saturated carbocycles. The van der Waals surface area contributed by atoms with E-state index in [-0.39, 0.29) is 30.9 Å². The minimum Gasteiger partial charge on any atom is -0.493 e. The third kappa shape index (κ3) is 3.06. The quantitative estimate of drug-likeness (QED) is 0.887. The van der Waals surface area contributed by atoms with Gasteiger partial charge in [0.25, 0.3) is 5.91 Å². The highest BCUT2D eigenvalue weighted by molar-refractivity contribution is 6.03. The summed E-state index contributed by atoms with van der Waals surface area (Å²) in [6, 6.07) is 3.44. The molecule has 2 amide bonds. The highest BCUT2D eigenvalue weighted by Crippen LogP contribution is 2.38. The third-order valence-electron chi connectivity index (χ3n) is 4.32. The molecule has 0 bridgehead atoms. The maximum absolute atomic E-state index is 12.7. The van der Waals surface area contributed by atoms with E-state index in [0.29, 0.717) is 22.7 Å². The predicted molar refractivity (Wildman–Crippen MR) is 89.4 cm³/mol. The van der Waals surface area contributed by atoms with Crippen LogP contribution in [0.4, 0.5) is 5.69 Å². The molecule has 0 radical (unpaired) electrons. The van der Waals surface area contributed by atoms with Crippen molar-refractivity contribution >= 4 is 23.7 Å². The number of aliphatic imine (C=N–C) groups is 1. The SMILES string of the molecule is CNC(=O)CCOc1cc2c(cc1OC)C(=O)N1CCC[C@H]1C=N2. The van der Waals surface area contributed by atoms with Crippen molar-refractivity contribution in [2.75, 3.05) is 27.3 Å². The summed E-state index contributed by atoms with van der Waals surface area (Å²) < 4.78 is 11.0. The molecule has 1 fully saturated rings. The highest BCUT2D eigenvalue weighted by Gasteiger charge is 2.32. The van der Waals surface area contributed by atoms with Crippen LogP contribution in [-0.2, 0) is 4.79 Å². The number of hydrogen-bond acceptors (Lipinski definition) is 5. The molecule has 128 valence electrons. The number of methoxy groups -OCH3 is 1. The second kappa shape index (κ2) is 6.90. The Morgan fingerprint density at radius 2 is 2.25 bits per heavy atom. The number of hydrogen-bond donors (Lipinski definition) is 1. The van der Waals surface area contributed by atoms with Crippen LogP contribution in [-0.4, -0.2) is 56.3 Å². The first-order valence-corrected chi connectivity index (χ1v) is 8.04. The minimum atomic E-state index is -0.0995. The monoisotopic (exact) mass is 331 g/mol. The molecule has 1 N–H and O–H groups in total. The summed E-state index contributed by atoms with van der Waals surface area (Å²) in [6.07, 6.45) is 4.01. The van der Waals surface area contributed by atoms with Gasteiger partial charge in [0.15, 0.2) is 11.5 Å². The summed E-state index contributed by atoms with van der Waals surface area (Å²) in [5.41, 5.74) is 1.09. The van der Waals surface area contributed by atoms with Gasteiger partial charge in [-0.1, -0.05) is 0 Å². The molecule has 7 heteroatoms. The van der Waals surface area contributed by atoms with Gasteiger partial charge in [-0.05, 0) is 18.9 Å². The Morgan fingerprint density at radius 3 is 3.00 bits per heavy atom. The van der Waals surface area contributed by atoms with Gasteiger partial charge in [-0.3, -0.25) is 14.6 Å². The second-order valence-corrected chi connectivity index (χ2v) is 5.78. The minimum absolute atomic E-state index is 0.0276. The molecule has 1 atom stereocenters. The van der Waals surface area contributed by atoms with Crippen LogP contribution < -0.4 is 14.8 Å². The number of amides is 2. The summed E-state index contributed by atoms with van der Waals surface area (Å²) in [5, 5.41) is 2.54. The topological polar surface area (TPSA) is 80.2 Å². The Hall–Kier alpha value is -2.57. The molecule has 1 saturated heterocycles. The fraction of sp³-hybridized carbons (Fsp3) is 0.471. The van der Waals surface area contributed by atoms with Crippen LogP contribution in [0.15, 0.2) is 17.1 Å². The van der Waals surface area contributed by atoms with E-state index < -0.39 is 0 Å². The van der Waals surface area contributed by atoms with Crippen LogP contribution in [0.25, 0.3) is 0 Å². The van der Waals surface area contributed by atoms with E-state index in [1.807, 2.05) is 11.1 Å². The van der Waals surface area contributed by atoms with Gasteiger partial charge in [-0.25, -0.2) is 0 Å². The number of nitrogens with zero attached hydrogens (tertiary/aromatic N) is 2. The lowest BCUT2D eigenvalue weighted by molar-refractivity contribution is -0.121. The molecule has 0 aliphatic carbocycles. The van der Waals surface area contributed by atoms with E-state index in [1.54, 1.807) is 19.2 Å². The fourth-order valence-electron chi connectivity index (χ4n) is 3.00. The Kier molecular flexibility index (Phi) is 4.69. The van der Waals surface area contributed by atoms with Crippen molar-refractivity contribution in [1.82, 2.24) is 10.2 Å². The Morgan fingerprint density at radius 1 is 1.42 bits per heavy atom. The van der Waals surface area contributed by atoms with Crippen molar-refractivity contribution in [3.05, 3.63) is 17.7 Å². The molecule has 24 heavy (non-hydrogen) atoms. The molecule has 0 aromatic heterocycles. The summed E-state index contributed by atoms with van der Waals surface area (Å²) in [7, 11) is 3.11. The van der Waals surface area contributed by atoms with Gasteiger partial charge in [0.1, 0.15) is 0 Å². The molecule has 0 unspecified atom stereocenters. The zero-order chi connectivity index (χ0) is 17.1. The third-order valence-corrected chi connectivity index (χ3v) is 4.32. The molecule has 3 rings (SSSR count). The first kappa shape index (κ1) is 16.3. The maximum Gasteiger partial charge on any atom is 0.256 e. The van der Waals surface area contributed by atoms with E-state index in [4.69, 9.17) is 9.47 Å². The standard InChI is InChI=1S/C17H21N3O4/c1-18-16(21)5-7-24-15-9-13-12(8-14(15)23-2)17(22)20-6-3-4-11(20)10-19-13/h8-11H,3-7H2,1-2H3,(H,18,21)/t11-/m0/s1. The van der Waals surface area contributed by atoms with Crippen molar-refractivity contribution in [1.29, 1.82) is 0 Å². The van der Waals surface area contributed by atoms with Gasteiger partial charge < -0.3 is 19.7 Å². The van der Waals surface area contributed by atoms with Crippen molar-refractivity contribution in [3.63, 3.8) is 0 Å². The van der Waals surface area contributed by atoms with E-state index in [9.17, 15) is 9.59 Å². The first-order valence-electron chi connectivity index (χ1n) is 8.04. The Bertz CT molecular complexity index is 687. The maximum atomic E-state index is 12.7. The number of benzene rings is 1. The zero-order valence-corrected chi connectivity index (χ0v) is 13.9. The lowest BCUT2D eigenvalue weighted by atomic mass is 10.1. The van der Waals surface area contributed by atoms with Crippen LogP contribution >= 0.6 is 0 Å². The van der Waals surface area contributed by atoms with E-state index in [2.05, 4.69) is 10.3 Å². The molecule has 7 nitrogen and oxygen atoms in total. The summed E-state index contributed by atoms with van der Waals surface area (Å²) in [4.78, 5) is 30.4. The molecular weight excluding hydrogens is 310 g/mol. The normalized spacial score (nSPS) is 18.7. The number of rotatable bonds is 5. The smallest absolute Gasteiger partial charge is 0.256 e. The molecule has 2 aliphatic rings. The predicted octanol–water partition coefficient (Wildman–Crippen LogP) is 1.53. The number of ether oxygens (including phenoxy) is 2. The average molecular weight is 331 g/mol. The van der Waals surface area contributed by atoms with Gasteiger partial charge in [0.2, 0.25) is 5.91 Å². The largest absolute Gasteiger partial charge is 0.493 e. The van der Waals surface area contributed by atoms with Crippen LogP contribution in [0.1, 0.15) is 29.6 Å². The second-order valence-electron chi connectivity index (χ2n) is 5.78. The van der Waals surface area contributed by atoms with E-state index >= 15 is 0 Å². The lowest BCUT2D eigenvalue weighted by Crippen LogP contribution is -2.35. The molecule has 1 aromatic carbocycles. The van der Waals surface area contributed by atoms with Crippen molar-refractivity contribution in [2.45, 2.75) is 25.3 Å². The lowest BCUT2D eigenvalue weighted by Gasteiger charge is -2.20. The number of carbonyl (C=O) groups is 2. The highest BCUT2D eigenvalue weighted by atomic mass is 16.5. The van der Waals surface area contributed by atoms with Gasteiger partial charge in [-0.2, -0.15) is 0 Å². The number of nitrogens with one attached hydrogen (secondary N) is 1. The van der Waals surface area contributed by atoms with Gasteiger partial charge in [0, 0.05) is 25.9 Å². The van der Waals surface area contributed by atoms with Gasteiger partial charge in [-0.15, -0.1) is 0 Å². The summed E-state index contributed by atoms with van der Waals surface area (Å²) >= 11 is 0. The number of carbonyl (C=O) groups excluding carboxylic acids is 2. The average Bonchev–Trinajstić information content (AvgIpc) is 3.03. The van der Waals surface area contributed by atoms with Crippen LogP contribution in [0.2, 0.25) is 0 Å². The van der Waals surface area contributed by atoms with Crippen molar-refractivity contribution in [2.24, 2.45) is 4.99 Å². The van der Waals surface area contributed by atoms with Gasteiger partial charge in [0.05, 0.1) is 37.4 Å². The van der Waals surface area contributed by atoms with E-state index in [1.165, 1.54) is 7.11 Å². The van der Waals surface area contributed by atoms with Crippen molar-refractivity contribution in [3.8, 4) is 11.5 Å². The molecule has 1 aromatic rings. The fourth-order valence-corrected chi connectivity index (χ4v) is 3.00. The van der Waals surface area contributed by atoms with Crippen LogP contribution in [0.3, 0.4) is 0 Å². The van der Waals surface area contributed by atoms with Gasteiger partial charge >= 0.3 is 0 Å². The summed E-state index contributed by atoms with van der Waals surface area (Å²) in [6.45, 7) is 0.975. The first-order chi connectivity index (χ1) is 11.6. The van der Waals surface area contributed by atoms with E-state index in [0.717, 1.165) is 19.4 Å². The Balaban J connectivity index is 1.86. The Labute approximate surface area is 140 Å². The van der Waals surface area contributed by atoms with Crippen LogP contribution in [0, 0.1) is 0 Å². The molecular formula is C17H21N3O4. The van der Waals surface area contributed by atoms with Crippen LogP contribution in [0.5, 0.6) is 11.5 Å². The zero-order valence-electron chi connectivity index (χ0n) is 13.9. The van der Waals surface area contributed by atoms with Crippen molar-refractivity contribution < 1.29 is 19.1 Å². The summed E-state index contributed by atoms with van der Waals surface area (Å²) in [5.74, 6) is 0.816. The molecule has 2 heterocycles.